The highest BCUT2D eigenvalue weighted by Gasteiger charge is 2.17. The Balaban J connectivity index is 1.81. The van der Waals surface area contributed by atoms with Gasteiger partial charge in [0.1, 0.15) is 5.75 Å². The normalized spacial score (nSPS) is 14.0. The molecule has 102 valence electrons. The lowest BCUT2D eigenvalue weighted by atomic mass is 9.90. The van der Waals surface area contributed by atoms with Gasteiger partial charge in [0, 0.05) is 12.0 Å². The Hall–Kier alpha value is -1.57. The molecule has 2 rings (SSSR count). The predicted octanol–water partition coefficient (Wildman–Crippen LogP) is 4.33. The van der Waals surface area contributed by atoms with E-state index >= 15 is 0 Å². The molecule has 0 bridgehead atoms. The number of unbranched alkanes of at least 4 members (excludes halogenated alkanes) is 3. The minimum atomic E-state index is 0.275. The average Bonchev–Trinajstić information content (AvgIpc) is 2.43. The van der Waals surface area contributed by atoms with E-state index in [1.54, 1.807) is 0 Å². The Morgan fingerprint density at radius 3 is 2.95 bits per heavy atom. The van der Waals surface area contributed by atoms with Crippen molar-refractivity contribution in [3.63, 3.8) is 0 Å². The fraction of sp³-hybridized carbons (Fsp3) is 0.471. The van der Waals surface area contributed by atoms with E-state index in [0.717, 1.165) is 49.2 Å². The van der Waals surface area contributed by atoms with Crippen LogP contribution in [-0.2, 0) is 6.42 Å². The second-order valence-electron chi connectivity index (χ2n) is 5.08. The molecule has 0 unspecified atom stereocenters. The van der Waals surface area contributed by atoms with Crippen LogP contribution in [0.15, 0.2) is 30.9 Å². The summed E-state index contributed by atoms with van der Waals surface area (Å²) in [4.78, 5) is 11.7. The lowest BCUT2D eigenvalue weighted by Gasteiger charge is -2.16. The molecule has 0 fully saturated rings. The fourth-order valence-electron chi connectivity index (χ4n) is 2.47. The van der Waals surface area contributed by atoms with Gasteiger partial charge in [-0.25, -0.2) is 0 Å². The monoisotopic (exact) mass is 258 g/mol. The summed E-state index contributed by atoms with van der Waals surface area (Å²) in [5.41, 5.74) is 2.05. The maximum absolute atomic E-state index is 11.7. The lowest BCUT2D eigenvalue weighted by Crippen LogP contribution is -2.10. The van der Waals surface area contributed by atoms with Gasteiger partial charge in [-0.1, -0.05) is 6.08 Å². The Kier molecular flexibility index (Phi) is 5.20. The standard InChI is InChI=1S/C17H22O2/c1-2-3-4-5-6-12-19-15-10-11-16-14(13-15)8-7-9-17(16)18/h2,10-11,13H,1,3-9,12H2. The molecule has 0 heterocycles. The molecule has 19 heavy (non-hydrogen) atoms. The highest BCUT2D eigenvalue weighted by atomic mass is 16.5. The number of allylic oxidation sites excluding steroid dienone is 1. The van der Waals surface area contributed by atoms with E-state index in [-0.39, 0.29) is 5.78 Å². The molecule has 1 aromatic carbocycles. The van der Waals surface area contributed by atoms with E-state index in [0.29, 0.717) is 6.42 Å². The first-order chi connectivity index (χ1) is 9.31. The fourth-order valence-corrected chi connectivity index (χ4v) is 2.47. The number of ketones is 1. The van der Waals surface area contributed by atoms with Crippen molar-refractivity contribution in [1.82, 2.24) is 0 Å². The van der Waals surface area contributed by atoms with Crippen LogP contribution in [0.5, 0.6) is 5.75 Å². The summed E-state index contributed by atoms with van der Waals surface area (Å²) < 4.78 is 5.75. The first-order valence-corrected chi connectivity index (χ1v) is 7.21. The van der Waals surface area contributed by atoms with E-state index < -0.39 is 0 Å². The molecule has 0 amide bonds. The molecule has 1 aliphatic rings. The van der Waals surface area contributed by atoms with Crippen molar-refractivity contribution in [3.05, 3.63) is 42.0 Å². The van der Waals surface area contributed by atoms with Crippen LogP contribution in [0.2, 0.25) is 0 Å². The number of fused-ring (bicyclic) bond motifs is 1. The lowest BCUT2D eigenvalue weighted by molar-refractivity contribution is 0.0972. The van der Waals surface area contributed by atoms with Gasteiger partial charge in [0.25, 0.3) is 0 Å². The first-order valence-electron chi connectivity index (χ1n) is 7.21. The van der Waals surface area contributed by atoms with Crippen molar-refractivity contribution in [2.45, 2.75) is 44.9 Å². The zero-order valence-electron chi connectivity index (χ0n) is 11.5. The summed E-state index contributed by atoms with van der Waals surface area (Å²) in [6, 6.07) is 5.88. The van der Waals surface area contributed by atoms with Gasteiger partial charge >= 0.3 is 0 Å². The van der Waals surface area contributed by atoms with E-state index in [2.05, 4.69) is 6.58 Å². The van der Waals surface area contributed by atoms with Gasteiger partial charge in [-0.2, -0.15) is 0 Å². The molecule has 0 spiro atoms. The van der Waals surface area contributed by atoms with Crippen molar-refractivity contribution in [2.24, 2.45) is 0 Å². The van der Waals surface area contributed by atoms with Gasteiger partial charge in [-0.05, 0) is 62.3 Å². The number of carbonyl (C=O) groups is 1. The van der Waals surface area contributed by atoms with Crippen LogP contribution in [0.3, 0.4) is 0 Å². The maximum Gasteiger partial charge on any atom is 0.163 e. The second-order valence-corrected chi connectivity index (χ2v) is 5.08. The molecular weight excluding hydrogens is 236 g/mol. The van der Waals surface area contributed by atoms with Gasteiger partial charge in [-0.15, -0.1) is 6.58 Å². The molecule has 0 radical (unpaired) electrons. The van der Waals surface area contributed by atoms with Crippen LogP contribution in [0.4, 0.5) is 0 Å². The number of rotatable bonds is 7. The van der Waals surface area contributed by atoms with Gasteiger partial charge in [0.05, 0.1) is 6.61 Å². The molecule has 1 aliphatic carbocycles. The third kappa shape index (κ3) is 3.95. The zero-order chi connectivity index (χ0) is 13.5. The first kappa shape index (κ1) is 13.9. The summed E-state index contributed by atoms with van der Waals surface area (Å²) in [5, 5.41) is 0. The molecule has 0 aromatic heterocycles. The summed E-state index contributed by atoms with van der Waals surface area (Å²) in [7, 11) is 0. The summed E-state index contributed by atoms with van der Waals surface area (Å²) in [5.74, 6) is 1.18. The largest absolute Gasteiger partial charge is 0.494 e. The number of Topliss-reactive ketones (excluding diaryl/α,β-unsaturated/α-hetero) is 1. The molecule has 0 saturated heterocycles. The molecule has 2 nitrogen and oxygen atoms in total. The minimum Gasteiger partial charge on any atom is -0.494 e. The Labute approximate surface area is 115 Å². The van der Waals surface area contributed by atoms with Crippen LogP contribution in [-0.4, -0.2) is 12.4 Å². The maximum atomic E-state index is 11.7. The van der Waals surface area contributed by atoms with E-state index in [9.17, 15) is 4.79 Å². The second kappa shape index (κ2) is 7.13. The highest BCUT2D eigenvalue weighted by molar-refractivity contribution is 5.98. The molecular formula is C17H22O2. The highest BCUT2D eigenvalue weighted by Crippen LogP contribution is 2.25. The van der Waals surface area contributed by atoms with Crippen molar-refractivity contribution in [1.29, 1.82) is 0 Å². The van der Waals surface area contributed by atoms with Gasteiger partial charge < -0.3 is 4.74 Å². The SMILES string of the molecule is C=CCCCCCOc1ccc2c(c1)CCCC2=O. The Bertz CT molecular complexity index is 449. The van der Waals surface area contributed by atoms with Crippen LogP contribution in [0.1, 0.15) is 54.4 Å². The van der Waals surface area contributed by atoms with E-state index in [4.69, 9.17) is 4.74 Å². The van der Waals surface area contributed by atoms with Crippen molar-refractivity contribution >= 4 is 5.78 Å². The predicted molar refractivity (Wildman–Crippen MR) is 77.9 cm³/mol. The average molecular weight is 258 g/mol. The topological polar surface area (TPSA) is 26.3 Å². The molecule has 0 N–H and O–H groups in total. The number of hydrogen-bond acceptors (Lipinski definition) is 2. The summed E-state index contributed by atoms with van der Waals surface area (Å²) >= 11 is 0. The van der Waals surface area contributed by atoms with Crippen molar-refractivity contribution < 1.29 is 9.53 Å². The number of carbonyl (C=O) groups excluding carboxylic acids is 1. The van der Waals surface area contributed by atoms with Crippen molar-refractivity contribution in [3.8, 4) is 5.75 Å². The Morgan fingerprint density at radius 1 is 1.21 bits per heavy atom. The summed E-state index contributed by atoms with van der Waals surface area (Å²) in [6.07, 6.45) is 9.14. The third-order valence-electron chi connectivity index (χ3n) is 3.55. The molecule has 0 saturated carbocycles. The van der Waals surface area contributed by atoms with E-state index in [1.807, 2.05) is 24.3 Å². The number of benzene rings is 1. The number of hydrogen-bond donors (Lipinski definition) is 0. The smallest absolute Gasteiger partial charge is 0.163 e. The zero-order valence-corrected chi connectivity index (χ0v) is 11.5. The Morgan fingerprint density at radius 2 is 2.11 bits per heavy atom. The summed E-state index contributed by atoms with van der Waals surface area (Å²) in [6.45, 7) is 4.47. The van der Waals surface area contributed by atoms with Crippen molar-refractivity contribution in [2.75, 3.05) is 6.61 Å². The van der Waals surface area contributed by atoms with Crippen LogP contribution >= 0.6 is 0 Å². The molecule has 1 aromatic rings. The number of aryl methyl sites for hydroxylation is 1. The van der Waals surface area contributed by atoms with Gasteiger partial charge in [0.2, 0.25) is 0 Å². The van der Waals surface area contributed by atoms with Crippen LogP contribution in [0, 0.1) is 0 Å². The quantitative estimate of drug-likeness (QED) is 0.537. The molecule has 0 aliphatic heterocycles. The van der Waals surface area contributed by atoms with E-state index in [1.165, 1.54) is 12.8 Å². The van der Waals surface area contributed by atoms with Gasteiger partial charge in [0.15, 0.2) is 5.78 Å². The minimum absolute atomic E-state index is 0.275. The van der Waals surface area contributed by atoms with Crippen LogP contribution in [0.25, 0.3) is 0 Å². The van der Waals surface area contributed by atoms with Gasteiger partial charge in [-0.3, -0.25) is 4.79 Å². The number of ether oxygens (including phenoxy) is 1. The molecule has 0 atom stereocenters. The third-order valence-corrected chi connectivity index (χ3v) is 3.55. The van der Waals surface area contributed by atoms with Crippen LogP contribution < -0.4 is 4.74 Å². The molecule has 2 heteroatoms.